The Morgan fingerprint density at radius 2 is 2.00 bits per heavy atom. The predicted molar refractivity (Wildman–Crippen MR) is 62.7 cm³/mol. The van der Waals surface area contributed by atoms with Gasteiger partial charge in [0, 0.05) is 11.3 Å². The molecule has 0 saturated heterocycles. The van der Waals surface area contributed by atoms with Crippen molar-refractivity contribution >= 4 is 11.3 Å². The highest BCUT2D eigenvalue weighted by atomic mass is 32.1. The van der Waals surface area contributed by atoms with E-state index in [9.17, 15) is 0 Å². The number of hydrogen-bond donors (Lipinski definition) is 1. The van der Waals surface area contributed by atoms with Crippen LogP contribution < -0.4 is 5.73 Å². The van der Waals surface area contributed by atoms with Crippen molar-refractivity contribution in [3.8, 4) is 0 Å². The van der Waals surface area contributed by atoms with Gasteiger partial charge in [-0.05, 0) is 32.2 Å². The van der Waals surface area contributed by atoms with Crippen LogP contribution in [-0.2, 0) is 6.42 Å². The van der Waals surface area contributed by atoms with Crippen LogP contribution in [0.15, 0.2) is 0 Å². The van der Waals surface area contributed by atoms with Gasteiger partial charge in [-0.25, -0.2) is 4.98 Å². The van der Waals surface area contributed by atoms with E-state index in [0.29, 0.717) is 0 Å². The molecule has 1 heterocycles. The Balaban J connectivity index is 2.68. The standard InChI is InChI=1S/C11H20N2S/c1-8-9(2)14-10(13-8)7-11(3,4)5-6-12/h5-7,12H2,1-4H3. The lowest BCUT2D eigenvalue weighted by Crippen LogP contribution is -2.19. The van der Waals surface area contributed by atoms with E-state index in [2.05, 4.69) is 32.7 Å². The zero-order chi connectivity index (χ0) is 10.8. The second kappa shape index (κ2) is 4.41. The maximum absolute atomic E-state index is 5.59. The molecule has 1 aromatic heterocycles. The summed E-state index contributed by atoms with van der Waals surface area (Å²) in [5.41, 5.74) is 7.04. The lowest BCUT2D eigenvalue weighted by atomic mass is 9.86. The van der Waals surface area contributed by atoms with Crippen molar-refractivity contribution in [1.29, 1.82) is 0 Å². The molecule has 80 valence electrons. The molecular weight excluding hydrogens is 192 g/mol. The van der Waals surface area contributed by atoms with Crippen LogP contribution in [0.25, 0.3) is 0 Å². The summed E-state index contributed by atoms with van der Waals surface area (Å²) in [4.78, 5) is 5.89. The van der Waals surface area contributed by atoms with E-state index in [-0.39, 0.29) is 5.41 Å². The Morgan fingerprint density at radius 1 is 1.36 bits per heavy atom. The molecule has 2 N–H and O–H groups in total. The predicted octanol–water partition coefficient (Wildman–Crippen LogP) is 2.68. The van der Waals surface area contributed by atoms with E-state index in [1.54, 1.807) is 0 Å². The number of thiazole rings is 1. The maximum Gasteiger partial charge on any atom is 0.0936 e. The highest BCUT2D eigenvalue weighted by Crippen LogP contribution is 2.28. The second-order valence-corrected chi connectivity index (χ2v) is 5.92. The lowest BCUT2D eigenvalue weighted by molar-refractivity contribution is 0.338. The van der Waals surface area contributed by atoms with Gasteiger partial charge in [-0.15, -0.1) is 11.3 Å². The number of hydrogen-bond acceptors (Lipinski definition) is 3. The molecule has 1 rings (SSSR count). The minimum atomic E-state index is 0.283. The summed E-state index contributed by atoms with van der Waals surface area (Å²) >= 11 is 1.82. The van der Waals surface area contributed by atoms with E-state index < -0.39 is 0 Å². The zero-order valence-electron chi connectivity index (χ0n) is 9.55. The van der Waals surface area contributed by atoms with Gasteiger partial charge < -0.3 is 5.73 Å². The Labute approximate surface area is 90.6 Å². The molecule has 14 heavy (non-hydrogen) atoms. The van der Waals surface area contributed by atoms with Gasteiger partial charge in [-0.3, -0.25) is 0 Å². The molecule has 0 aliphatic heterocycles. The molecule has 0 radical (unpaired) electrons. The third-order valence-electron chi connectivity index (χ3n) is 2.52. The summed E-state index contributed by atoms with van der Waals surface area (Å²) in [5.74, 6) is 0. The average Bonchev–Trinajstić information content (AvgIpc) is 2.29. The SMILES string of the molecule is Cc1nc(CC(C)(C)CCN)sc1C. The summed E-state index contributed by atoms with van der Waals surface area (Å²) in [6.07, 6.45) is 2.11. The van der Waals surface area contributed by atoms with Crippen molar-refractivity contribution in [1.82, 2.24) is 4.98 Å². The first-order valence-corrected chi connectivity index (χ1v) is 5.89. The summed E-state index contributed by atoms with van der Waals surface area (Å²) in [7, 11) is 0. The Kier molecular flexibility index (Phi) is 3.67. The van der Waals surface area contributed by atoms with Gasteiger partial charge in [-0.1, -0.05) is 13.8 Å². The van der Waals surface area contributed by atoms with Crippen molar-refractivity contribution < 1.29 is 0 Å². The largest absolute Gasteiger partial charge is 0.330 e. The lowest BCUT2D eigenvalue weighted by Gasteiger charge is -2.22. The van der Waals surface area contributed by atoms with Crippen molar-refractivity contribution in [3.05, 3.63) is 15.6 Å². The van der Waals surface area contributed by atoms with E-state index >= 15 is 0 Å². The topological polar surface area (TPSA) is 38.9 Å². The molecule has 0 fully saturated rings. The number of aryl methyl sites for hydroxylation is 2. The fourth-order valence-electron chi connectivity index (χ4n) is 1.50. The third kappa shape index (κ3) is 3.07. The molecule has 0 unspecified atom stereocenters. The minimum Gasteiger partial charge on any atom is -0.330 e. The van der Waals surface area contributed by atoms with E-state index in [4.69, 9.17) is 5.73 Å². The van der Waals surface area contributed by atoms with Crippen LogP contribution in [0.1, 0.15) is 35.8 Å². The molecule has 0 aliphatic carbocycles. The molecule has 2 nitrogen and oxygen atoms in total. The van der Waals surface area contributed by atoms with E-state index in [0.717, 1.165) is 19.4 Å². The van der Waals surface area contributed by atoms with Crippen LogP contribution >= 0.6 is 11.3 Å². The van der Waals surface area contributed by atoms with Crippen LogP contribution in [0.5, 0.6) is 0 Å². The Hall–Kier alpha value is -0.410. The molecule has 0 bridgehead atoms. The van der Waals surface area contributed by atoms with Crippen molar-refractivity contribution in [3.63, 3.8) is 0 Å². The molecule has 0 spiro atoms. The van der Waals surface area contributed by atoms with E-state index in [1.165, 1.54) is 15.6 Å². The monoisotopic (exact) mass is 212 g/mol. The van der Waals surface area contributed by atoms with Crippen LogP contribution in [-0.4, -0.2) is 11.5 Å². The fourth-order valence-corrected chi connectivity index (χ4v) is 2.70. The molecule has 1 aromatic rings. The second-order valence-electron chi connectivity index (χ2n) is 4.63. The zero-order valence-corrected chi connectivity index (χ0v) is 10.4. The maximum atomic E-state index is 5.59. The van der Waals surface area contributed by atoms with Crippen molar-refractivity contribution in [2.24, 2.45) is 11.1 Å². The first-order chi connectivity index (χ1) is 6.44. The number of rotatable bonds is 4. The average molecular weight is 212 g/mol. The van der Waals surface area contributed by atoms with Gasteiger partial charge in [0.05, 0.1) is 10.7 Å². The van der Waals surface area contributed by atoms with Crippen LogP contribution in [0, 0.1) is 19.3 Å². The fraction of sp³-hybridized carbons (Fsp3) is 0.727. The van der Waals surface area contributed by atoms with Gasteiger partial charge >= 0.3 is 0 Å². The van der Waals surface area contributed by atoms with Gasteiger partial charge in [0.15, 0.2) is 0 Å². The Morgan fingerprint density at radius 3 is 2.43 bits per heavy atom. The highest BCUT2D eigenvalue weighted by molar-refractivity contribution is 7.11. The first-order valence-electron chi connectivity index (χ1n) is 5.07. The molecule has 0 aliphatic rings. The summed E-state index contributed by atoms with van der Waals surface area (Å²) < 4.78 is 0. The number of aromatic nitrogens is 1. The van der Waals surface area contributed by atoms with Crippen LogP contribution in [0.3, 0.4) is 0 Å². The molecule has 0 atom stereocenters. The van der Waals surface area contributed by atoms with Gasteiger partial charge in [0.1, 0.15) is 0 Å². The van der Waals surface area contributed by atoms with Gasteiger partial charge in [0.2, 0.25) is 0 Å². The quantitative estimate of drug-likeness (QED) is 0.833. The highest BCUT2D eigenvalue weighted by Gasteiger charge is 2.19. The number of nitrogens with two attached hydrogens (primary N) is 1. The first kappa shape index (κ1) is 11.7. The Bertz CT molecular complexity index is 283. The summed E-state index contributed by atoms with van der Waals surface area (Å²) in [5, 5.41) is 1.25. The van der Waals surface area contributed by atoms with Crippen molar-refractivity contribution in [2.75, 3.05) is 6.54 Å². The molecule has 0 saturated carbocycles. The third-order valence-corrected chi connectivity index (χ3v) is 3.60. The van der Waals surface area contributed by atoms with Gasteiger partial charge in [-0.2, -0.15) is 0 Å². The minimum absolute atomic E-state index is 0.283. The normalized spacial score (nSPS) is 12.1. The molecular formula is C11H20N2S. The summed E-state index contributed by atoms with van der Waals surface area (Å²) in [6.45, 7) is 9.48. The van der Waals surface area contributed by atoms with Gasteiger partial charge in [0.25, 0.3) is 0 Å². The van der Waals surface area contributed by atoms with Crippen molar-refractivity contribution in [2.45, 2.75) is 40.5 Å². The molecule has 3 heteroatoms. The van der Waals surface area contributed by atoms with E-state index in [1.807, 2.05) is 11.3 Å². The van der Waals surface area contributed by atoms with Crippen LogP contribution in [0.4, 0.5) is 0 Å². The van der Waals surface area contributed by atoms with Crippen LogP contribution in [0.2, 0.25) is 0 Å². The summed E-state index contributed by atoms with van der Waals surface area (Å²) in [6, 6.07) is 0. The molecule has 0 aromatic carbocycles. The number of nitrogens with zero attached hydrogens (tertiary/aromatic N) is 1. The molecule has 0 amide bonds. The smallest absolute Gasteiger partial charge is 0.0936 e.